The third-order valence-corrected chi connectivity index (χ3v) is 4.43. The van der Waals surface area contributed by atoms with Crippen LogP contribution >= 0.6 is 0 Å². The first-order valence-electron chi connectivity index (χ1n) is 6.61. The van der Waals surface area contributed by atoms with Crippen molar-refractivity contribution in [3.63, 3.8) is 0 Å². The van der Waals surface area contributed by atoms with Gasteiger partial charge in [-0.1, -0.05) is 6.92 Å². The van der Waals surface area contributed by atoms with Crippen LogP contribution in [0.4, 0.5) is 0 Å². The van der Waals surface area contributed by atoms with Gasteiger partial charge in [0.1, 0.15) is 0 Å². The summed E-state index contributed by atoms with van der Waals surface area (Å²) in [5.41, 5.74) is 0. The Kier molecular flexibility index (Phi) is 3.88. The number of aliphatic hydroxyl groups is 1. The predicted molar refractivity (Wildman–Crippen MR) is 64.4 cm³/mol. The average Bonchev–Trinajstić information content (AvgIpc) is 2.67. The van der Waals surface area contributed by atoms with E-state index in [1.807, 2.05) is 0 Å². The molecule has 0 aromatic heterocycles. The fraction of sp³-hybridized carbons (Fsp3) is 1.00. The molecule has 16 heavy (non-hydrogen) atoms. The van der Waals surface area contributed by atoms with Gasteiger partial charge in [0.2, 0.25) is 0 Å². The van der Waals surface area contributed by atoms with Crippen molar-refractivity contribution in [3.8, 4) is 0 Å². The van der Waals surface area contributed by atoms with Crippen LogP contribution in [-0.2, 0) is 4.74 Å². The highest BCUT2D eigenvalue weighted by molar-refractivity contribution is 4.90. The molecule has 0 spiro atoms. The average molecular weight is 227 g/mol. The largest absolute Gasteiger partial charge is 0.391 e. The highest BCUT2D eigenvalue weighted by Crippen LogP contribution is 2.30. The lowest BCUT2D eigenvalue weighted by molar-refractivity contribution is -0.0156. The zero-order chi connectivity index (χ0) is 11.7. The van der Waals surface area contributed by atoms with E-state index in [1.165, 1.54) is 6.42 Å². The molecule has 1 aliphatic heterocycles. The van der Waals surface area contributed by atoms with E-state index in [0.29, 0.717) is 18.2 Å². The lowest BCUT2D eigenvalue weighted by Crippen LogP contribution is -2.51. The van der Waals surface area contributed by atoms with E-state index in [1.54, 1.807) is 0 Å². The quantitative estimate of drug-likeness (QED) is 0.778. The summed E-state index contributed by atoms with van der Waals surface area (Å²) in [6.07, 6.45) is 4.53. The second-order valence-corrected chi connectivity index (χ2v) is 5.65. The fourth-order valence-corrected chi connectivity index (χ4v) is 3.27. The molecular formula is C13H25NO2. The van der Waals surface area contributed by atoms with Crippen LogP contribution < -0.4 is 0 Å². The van der Waals surface area contributed by atoms with Gasteiger partial charge in [0.25, 0.3) is 0 Å². The van der Waals surface area contributed by atoms with E-state index in [9.17, 15) is 5.11 Å². The monoisotopic (exact) mass is 227 g/mol. The molecule has 94 valence electrons. The van der Waals surface area contributed by atoms with Crippen molar-refractivity contribution in [3.05, 3.63) is 0 Å². The summed E-state index contributed by atoms with van der Waals surface area (Å²) in [5.74, 6) is 0.744. The molecule has 1 saturated heterocycles. The molecule has 2 rings (SSSR count). The first-order valence-corrected chi connectivity index (χ1v) is 6.61. The molecule has 5 atom stereocenters. The Balaban J connectivity index is 1.99. The number of hydrogen-bond donors (Lipinski definition) is 1. The van der Waals surface area contributed by atoms with Gasteiger partial charge in [0.15, 0.2) is 0 Å². The minimum Gasteiger partial charge on any atom is -0.391 e. The predicted octanol–water partition coefficient (Wildman–Crippen LogP) is 1.65. The lowest BCUT2D eigenvalue weighted by Gasteiger charge is -2.41. The molecule has 1 heterocycles. The van der Waals surface area contributed by atoms with E-state index < -0.39 is 0 Å². The second kappa shape index (κ2) is 5.03. The number of ether oxygens (including phenoxy) is 1. The van der Waals surface area contributed by atoms with Crippen molar-refractivity contribution in [2.75, 3.05) is 13.7 Å². The molecule has 2 aliphatic rings. The third kappa shape index (κ3) is 2.41. The SMILES string of the molecule is CC1CCC(O)C(N(C)C2CCOC2C)C1. The molecule has 3 heteroatoms. The summed E-state index contributed by atoms with van der Waals surface area (Å²) in [6, 6.07) is 0.822. The Hall–Kier alpha value is -0.120. The molecule has 1 aliphatic carbocycles. The van der Waals surface area contributed by atoms with E-state index in [-0.39, 0.29) is 6.10 Å². The van der Waals surface area contributed by atoms with Crippen LogP contribution in [0.1, 0.15) is 39.5 Å². The molecule has 1 N–H and O–H groups in total. The topological polar surface area (TPSA) is 32.7 Å². The molecule has 2 fully saturated rings. The second-order valence-electron chi connectivity index (χ2n) is 5.65. The summed E-state index contributed by atoms with van der Waals surface area (Å²) < 4.78 is 5.62. The molecule has 3 nitrogen and oxygen atoms in total. The van der Waals surface area contributed by atoms with Crippen molar-refractivity contribution in [1.82, 2.24) is 4.90 Å². The summed E-state index contributed by atoms with van der Waals surface area (Å²) in [5, 5.41) is 10.1. The fourth-order valence-electron chi connectivity index (χ4n) is 3.27. The molecule has 0 amide bonds. The molecule has 0 bridgehead atoms. The van der Waals surface area contributed by atoms with Crippen LogP contribution in [0.5, 0.6) is 0 Å². The van der Waals surface area contributed by atoms with Gasteiger partial charge >= 0.3 is 0 Å². The molecule has 0 radical (unpaired) electrons. The van der Waals surface area contributed by atoms with Gasteiger partial charge in [-0.15, -0.1) is 0 Å². The van der Waals surface area contributed by atoms with Crippen molar-refractivity contribution in [2.24, 2.45) is 5.92 Å². The first kappa shape index (κ1) is 12.3. The Morgan fingerprint density at radius 3 is 2.50 bits per heavy atom. The number of likely N-dealkylation sites (N-methyl/N-ethyl adjacent to an activating group) is 1. The van der Waals surface area contributed by atoms with Gasteiger partial charge in [-0.25, -0.2) is 0 Å². The first-order chi connectivity index (χ1) is 7.59. The van der Waals surface area contributed by atoms with Gasteiger partial charge in [-0.05, 0) is 45.6 Å². The zero-order valence-electron chi connectivity index (χ0n) is 10.7. The number of hydrogen-bond acceptors (Lipinski definition) is 3. The van der Waals surface area contributed by atoms with E-state index >= 15 is 0 Å². The Morgan fingerprint density at radius 1 is 1.12 bits per heavy atom. The summed E-state index contributed by atoms with van der Waals surface area (Å²) >= 11 is 0. The van der Waals surface area contributed by atoms with Gasteiger partial charge in [-0.3, -0.25) is 4.90 Å². The lowest BCUT2D eigenvalue weighted by atomic mass is 9.83. The zero-order valence-corrected chi connectivity index (χ0v) is 10.7. The van der Waals surface area contributed by atoms with Gasteiger partial charge < -0.3 is 9.84 Å². The summed E-state index contributed by atoms with van der Waals surface area (Å²) in [7, 11) is 2.15. The van der Waals surface area contributed by atoms with Crippen LogP contribution in [0, 0.1) is 5.92 Å². The third-order valence-electron chi connectivity index (χ3n) is 4.43. The number of nitrogens with zero attached hydrogens (tertiary/aromatic N) is 1. The van der Waals surface area contributed by atoms with Gasteiger partial charge in [0.05, 0.1) is 12.2 Å². The minimum atomic E-state index is -0.144. The van der Waals surface area contributed by atoms with Crippen molar-refractivity contribution in [1.29, 1.82) is 0 Å². The highest BCUT2D eigenvalue weighted by atomic mass is 16.5. The standard InChI is InChI=1S/C13H25NO2/c1-9-4-5-13(15)12(8-9)14(3)11-6-7-16-10(11)2/h9-13,15H,4-8H2,1-3H3. The maximum Gasteiger partial charge on any atom is 0.0703 e. The summed E-state index contributed by atoms with van der Waals surface area (Å²) in [6.45, 7) is 5.31. The Bertz CT molecular complexity index is 234. The van der Waals surface area contributed by atoms with Crippen LogP contribution in [-0.4, -0.2) is 48.0 Å². The van der Waals surface area contributed by atoms with Gasteiger partial charge in [-0.2, -0.15) is 0 Å². The van der Waals surface area contributed by atoms with E-state index in [4.69, 9.17) is 4.74 Å². The Labute approximate surface area is 98.8 Å². The van der Waals surface area contributed by atoms with Crippen LogP contribution in [0.3, 0.4) is 0 Å². The van der Waals surface area contributed by atoms with Crippen LogP contribution in [0.25, 0.3) is 0 Å². The maximum atomic E-state index is 10.1. The molecule has 5 unspecified atom stereocenters. The Morgan fingerprint density at radius 2 is 1.88 bits per heavy atom. The molecular weight excluding hydrogens is 202 g/mol. The molecule has 0 aromatic rings. The normalized spacial score (nSPS) is 45.2. The molecule has 1 saturated carbocycles. The van der Waals surface area contributed by atoms with Crippen molar-refractivity contribution in [2.45, 2.75) is 63.8 Å². The summed E-state index contributed by atoms with van der Waals surface area (Å²) in [4.78, 5) is 2.37. The van der Waals surface area contributed by atoms with Crippen LogP contribution in [0.15, 0.2) is 0 Å². The maximum absolute atomic E-state index is 10.1. The van der Waals surface area contributed by atoms with Crippen LogP contribution in [0.2, 0.25) is 0 Å². The number of rotatable bonds is 2. The number of aliphatic hydroxyl groups excluding tert-OH is 1. The highest BCUT2D eigenvalue weighted by Gasteiger charge is 2.37. The van der Waals surface area contributed by atoms with Crippen molar-refractivity contribution < 1.29 is 9.84 Å². The van der Waals surface area contributed by atoms with Crippen molar-refractivity contribution >= 4 is 0 Å². The minimum absolute atomic E-state index is 0.144. The van der Waals surface area contributed by atoms with E-state index in [2.05, 4.69) is 25.8 Å². The van der Waals surface area contributed by atoms with Gasteiger partial charge in [0, 0.05) is 18.7 Å². The van der Waals surface area contributed by atoms with E-state index in [0.717, 1.165) is 31.8 Å². The molecule has 0 aromatic carbocycles. The smallest absolute Gasteiger partial charge is 0.0703 e.